The number of thiazole rings is 1. The molecule has 0 aliphatic carbocycles. The van der Waals surface area contributed by atoms with Crippen LogP contribution in [0.2, 0.25) is 0 Å². The highest BCUT2D eigenvalue weighted by Gasteiger charge is 2.23. The lowest BCUT2D eigenvalue weighted by atomic mass is 10.2. The first-order chi connectivity index (χ1) is 7.65. The summed E-state index contributed by atoms with van der Waals surface area (Å²) in [5.74, 6) is 0.111. The van der Waals surface area contributed by atoms with Gasteiger partial charge in [-0.05, 0) is 6.92 Å². The van der Waals surface area contributed by atoms with E-state index in [1.165, 1.54) is 0 Å². The monoisotopic (exact) mass is 240 g/mol. The van der Waals surface area contributed by atoms with Gasteiger partial charge in [0.25, 0.3) is 0 Å². The van der Waals surface area contributed by atoms with Crippen molar-refractivity contribution in [3.63, 3.8) is 0 Å². The van der Waals surface area contributed by atoms with Gasteiger partial charge in [0.05, 0.1) is 13.2 Å². The van der Waals surface area contributed by atoms with Gasteiger partial charge in [0.2, 0.25) is 0 Å². The zero-order chi connectivity index (χ0) is 11.5. The predicted molar refractivity (Wildman–Crippen MR) is 63.8 cm³/mol. The number of amidine groups is 1. The van der Waals surface area contributed by atoms with Crippen molar-refractivity contribution in [3.05, 3.63) is 16.1 Å². The Bertz CT molecular complexity index is 379. The van der Waals surface area contributed by atoms with Crippen molar-refractivity contribution in [3.8, 4) is 0 Å². The van der Waals surface area contributed by atoms with Crippen LogP contribution in [-0.4, -0.2) is 41.5 Å². The van der Waals surface area contributed by atoms with E-state index in [1.54, 1.807) is 11.3 Å². The predicted octanol–water partition coefficient (Wildman–Crippen LogP) is 0.588. The van der Waals surface area contributed by atoms with E-state index < -0.39 is 0 Å². The van der Waals surface area contributed by atoms with Crippen LogP contribution in [0, 0.1) is 12.3 Å². The molecule has 88 valence electrons. The minimum Gasteiger partial charge on any atom is -0.385 e. The van der Waals surface area contributed by atoms with Gasteiger partial charge >= 0.3 is 0 Å². The van der Waals surface area contributed by atoms with Crippen molar-refractivity contribution in [2.75, 3.05) is 19.7 Å². The average Bonchev–Trinajstić information content (AvgIpc) is 2.64. The highest BCUT2D eigenvalue weighted by molar-refractivity contribution is 7.09. The molecule has 1 aromatic rings. The summed E-state index contributed by atoms with van der Waals surface area (Å²) in [5.41, 5.74) is 6.51. The lowest BCUT2D eigenvalue weighted by Crippen LogP contribution is -2.47. The Morgan fingerprint density at radius 2 is 2.62 bits per heavy atom. The molecule has 0 amide bonds. The Kier molecular flexibility index (Phi) is 3.52. The van der Waals surface area contributed by atoms with Crippen LogP contribution in [0.5, 0.6) is 0 Å². The molecular formula is C10H16N4OS. The van der Waals surface area contributed by atoms with Crippen molar-refractivity contribution in [2.45, 2.75) is 19.6 Å². The molecule has 2 heterocycles. The number of rotatable bonds is 3. The minimum absolute atomic E-state index is 0.111. The summed E-state index contributed by atoms with van der Waals surface area (Å²) in [4.78, 5) is 6.66. The van der Waals surface area contributed by atoms with Gasteiger partial charge in [0.15, 0.2) is 0 Å². The van der Waals surface area contributed by atoms with Gasteiger partial charge in [0.1, 0.15) is 16.9 Å². The maximum atomic E-state index is 7.38. The lowest BCUT2D eigenvalue weighted by Gasteiger charge is -2.31. The van der Waals surface area contributed by atoms with E-state index in [0.29, 0.717) is 13.2 Å². The minimum atomic E-state index is -0.255. The maximum absolute atomic E-state index is 7.38. The molecule has 3 N–H and O–H groups in total. The fourth-order valence-corrected chi connectivity index (χ4v) is 2.51. The number of nitrogens with two attached hydrogens (primary N) is 1. The zero-order valence-electron chi connectivity index (χ0n) is 9.27. The SMILES string of the molecule is Cc1csc(CN2CCOC(C(=N)N)C2)n1. The molecule has 1 saturated heterocycles. The maximum Gasteiger partial charge on any atom is 0.127 e. The van der Waals surface area contributed by atoms with Gasteiger partial charge in [-0.3, -0.25) is 10.3 Å². The first kappa shape index (κ1) is 11.5. The third-order valence-corrected chi connectivity index (χ3v) is 3.47. The molecule has 1 aliphatic rings. The molecule has 2 rings (SSSR count). The number of hydrogen-bond acceptors (Lipinski definition) is 5. The standard InChI is InChI=1S/C10H16N4OS/c1-7-6-16-9(13-7)5-14-2-3-15-8(4-14)10(11)12/h6,8H,2-5H2,1H3,(H3,11,12). The number of nitrogens with zero attached hydrogens (tertiary/aromatic N) is 2. The molecule has 1 aromatic heterocycles. The molecule has 5 nitrogen and oxygen atoms in total. The van der Waals surface area contributed by atoms with Crippen molar-refractivity contribution in [1.29, 1.82) is 5.41 Å². The van der Waals surface area contributed by atoms with Gasteiger partial charge in [-0.1, -0.05) is 0 Å². The summed E-state index contributed by atoms with van der Waals surface area (Å²) in [7, 11) is 0. The largest absolute Gasteiger partial charge is 0.385 e. The van der Waals surface area contributed by atoms with Crippen molar-refractivity contribution >= 4 is 17.2 Å². The molecule has 0 spiro atoms. The number of hydrogen-bond donors (Lipinski definition) is 2. The van der Waals surface area contributed by atoms with E-state index in [4.69, 9.17) is 15.9 Å². The first-order valence-electron chi connectivity index (χ1n) is 5.24. The summed E-state index contributed by atoms with van der Waals surface area (Å²) in [5, 5.41) is 10.5. The molecule has 1 atom stereocenters. The normalized spacial score (nSPS) is 22.2. The Hall–Kier alpha value is -0.980. The van der Waals surface area contributed by atoms with Crippen LogP contribution in [0.1, 0.15) is 10.7 Å². The van der Waals surface area contributed by atoms with Crippen molar-refractivity contribution in [1.82, 2.24) is 9.88 Å². The Morgan fingerprint density at radius 1 is 1.81 bits per heavy atom. The van der Waals surface area contributed by atoms with Crippen LogP contribution in [0.15, 0.2) is 5.38 Å². The Balaban J connectivity index is 1.92. The third kappa shape index (κ3) is 2.78. The molecule has 0 aromatic carbocycles. The molecule has 0 saturated carbocycles. The van der Waals surface area contributed by atoms with Crippen LogP contribution < -0.4 is 5.73 Å². The van der Waals surface area contributed by atoms with Crippen LogP contribution in [0.3, 0.4) is 0 Å². The summed E-state index contributed by atoms with van der Waals surface area (Å²) < 4.78 is 5.40. The van der Waals surface area contributed by atoms with Crippen LogP contribution in [0.4, 0.5) is 0 Å². The van der Waals surface area contributed by atoms with Crippen molar-refractivity contribution < 1.29 is 4.74 Å². The Morgan fingerprint density at radius 3 is 3.25 bits per heavy atom. The highest BCUT2D eigenvalue weighted by atomic mass is 32.1. The molecule has 0 bridgehead atoms. The topological polar surface area (TPSA) is 75.2 Å². The van der Waals surface area contributed by atoms with Crippen LogP contribution in [0.25, 0.3) is 0 Å². The number of morpholine rings is 1. The molecule has 6 heteroatoms. The van der Waals surface area contributed by atoms with E-state index in [0.717, 1.165) is 23.8 Å². The Labute approximate surface area is 98.7 Å². The molecular weight excluding hydrogens is 224 g/mol. The fraction of sp³-hybridized carbons (Fsp3) is 0.600. The van der Waals surface area contributed by atoms with Crippen LogP contribution >= 0.6 is 11.3 Å². The second-order valence-corrected chi connectivity index (χ2v) is 4.88. The van der Waals surface area contributed by atoms with E-state index in [9.17, 15) is 0 Å². The molecule has 16 heavy (non-hydrogen) atoms. The second-order valence-electron chi connectivity index (χ2n) is 3.93. The number of ether oxygens (including phenoxy) is 1. The van der Waals surface area contributed by atoms with Gasteiger partial charge in [0, 0.05) is 24.2 Å². The van der Waals surface area contributed by atoms with E-state index in [-0.39, 0.29) is 11.9 Å². The number of nitrogens with one attached hydrogen (secondary N) is 1. The summed E-state index contributed by atoms with van der Waals surface area (Å²) >= 11 is 1.67. The highest BCUT2D eigenvalue weighted by Crippen LogP contribution is 2.14. The number of aryl methyl sites for hydroxylation is 1. The first-order valence-corrected chi connectivity index (χ1v) is 6.12. The molecule has 1 unspecified atom stereocenters. The van der Waals surface area contributed by atoms with E-state index in [1.807, 2.05) is 6.92 Å². The summed E-state index contributed by atoms with van der Waals surface area (Å²) in [6.45, 7) is 5.02. The lowest BCUT2D eigenvalue weighted by molar-refractivity contribution is 0.00233. The quantitative estimate of drug-likeness (QED) is 0.599. The average molecular weight is 240 g/mol. The van der Waals surface area contributed by atoms with Gasteiger partial charge in [-0.2, -0.15) is 0 Å². The van der Waals surface area contributed by atoms with Gasteiger partial charge in [-0.25, -0.2) is 4.98 Å². The third-order valence-electron chi connectivity index (χ3n) is 2.52. The molecule has 1 fully saturated rings. The van der Waals surface area contributed by atoms with Gasteiger partial charge in [-0.15, -0.1) is 11.3 Å². The van der Waals surface area contributed by atoms with Crippen LogP contribution in [-0.2, 0) is 11.3 Å². The molecule has 0 radical (unpaired) electrons. The van der Waals surface area contributed by atoms with Crippen molar-refractivity contribution in [2.24, 2.45) is 5.73 Å². The van der Waals surface area contributed by atoms with Gasteiger partial charge < -0.3 is 10.5 Å². The van der Waals surface area contributed by atoms with E-state index >= 15 is 0 Å². The zero-order valence-corrected chi connectivity index (χ0v) is 10.1. The second kappa shape index (κ2) is 4.90. The molecule has 1 aliphatic heterocycles. The number of aromatic nitrogens is 1. The smallest absolute Gasteiger partial charge is 0.127 e. The fourth-order valence-electron chi connectivity index (χ4n) is 1.70. The van der Waals surface area contributed by atoms with E-state index in [2.05, 4.69) is 15.3 Å². The summed E-state index contributed by atoms with van der Waals surface area (Å²) in [6, 6.07) is 0. The summed E-state index contributed by atoms with van der Waals surface area (Å²) in [6.07, 6.45) is -0.255.